The summed E-state index contributed by atoms with van der Waals surface area (Å²) < 4.78 is 0. The Balaban J connectivity index is 2.05. The highest BCUT2D eigenvalue weighted by Crippen LogP contribution is 2.08. The van der Waals surface area contributed by atoms with Gasteiger partial charge < -0.3 is 21.3 Å². The van der Waals surface area contributed by atoms with E-state index in [9.17, 15) is 14.7 Å². The first-order valence-electron chi connectivity index (χ1n) is 8.51. The third kappa shape index (κ3) is 5.72. The standard InChI is InChI=1S/C22H20N2O4/c1-15(26)21(20(27)14-25)24-22(28)18-12-10-16(11-13-18)6-2-3-7-17-8-4-5-9-19(17)23/h4-5,8-13,15,21,25-26H,14,23H2,1H3,(H,24,28)/t15-,21+/m1/s1. The number of carbonyl (C=O) groups is 2. The molecule has 2 atom stereocenters. The van der Waals surface area contributed by atoms with Gasteiger partial charge in [0.05, 0.1) is 6.10 Å². The molecule has 0 radical (unpaired) electrons. The summed E-state index contributed by atoms with van der Waals surface area (Å²) in [5.74, 6) is 9.99. The lowest BCUT2D eigenvalue weighted by Crippen LogP contribution is -2.48. The Morgan fingerprint density at radius 2 is 1.71 bits per heavy atom. The van der Waals surface area contributed by atoms with E-state index in [1.54, 1.807) is 36.4 Å². The molecule has 6 nitrogen and oxygen atoms in total. The highest BCUT2D eigenvalue weighted by Gasteiger charge is 2.25. The minimum Gasteiger partial charge on any atom is -0.398 e. The van der Waals surface area contributed by atoms with E-state index in [1.165, 1.54) is 6.92 Å². The summed E-state index contributed by atoms with van der Waals surface area (Å²) in [5.41, 5.74) is 8.04. The number of rotatable bonds is 5. The second kappa shape index (κ2) is 9.94. The molecular formula is C22H20N2O4. The van der Waals surface area contributed by atoms with Crippen molar-refractivity contribution in [1.29, 1.82) is 0 Å². The van der Waals surface area contributed by atoms with Crippen molar-refractivity contribution < 1.29 is 19.8 Å². The molecule has 0 aliphatic heterocycles. The number of nitrogen functional groups attached to an aromatic ring is 1. The second-order valence-electron chi connectivity index (χ2n) is 5.98. The quantitative estimate of drug-likeness (QED) is 0.454. The lowest BCUT2D eigenvalue weighted by Gasteiger charge is -2.19. The fraction of sp³-hybridized carbons (Fsp3) is 0.182. The zero-order chi connectivity index (χ0) is 20.5. The Morgan fingerprint density at radius 3 is 2.32 bits per heavy atom. The van der Waals surface area contributed by atoms with E-state index in [0.29, 0.717) is 22.4 Å². The number of para-hydroxylation sites is 1. The number of nitrogens with one attached hydrogen (secondary N) is 1. The number of aliphatic hydroxyl groups excluding tert-OH is 2. The molecule has 0 spiro atoms. The van der Waals surface area contributed by atoms with Gasteiger partial charge in [-0.25, -0.2) is 0 Å². The van der Waals surface area contributed by atoms with Gasteiger partial charge >= 0.3 is 0 Å². The minimum absolute atomic E-state index is 0.296. The number of aliphatic hydroxyl groups is 2. The number of nitrogens with two attached hydrogens (primary N) is 1. The molecule has 5 N–H and O–H groups in total. The molecule has 0 unspecified atom stereocenters. The van der Waals surface area contributed by atoms with Crippen LogP contribution in [0.1, 0.15) is 28.4 Å². The Kier molecular flexibility index (Phi) is 7.36. The first kappa shape index (κ1) is 20.7. The number of ketones is 1. The molecule has 0 aliphatic rings. The predicted octanol–water partition coefficient (Wildman–Crippen LogP) is 0.713. The third-order valence-electron chi connectivity index (χ3n) is 3.85. The molecule has 0 saturated carbocycles. The van der Waals surface area contributed by atoms with Gasteiger partial charge in [-0.1, -0.05) is 24.0 Å². The molecule has 0 aromatic heterocycles. The molecule has 2 aromatic carbocycles. The Morgan fingerprint density at radius 1 is 1.07 bits per heavy atom. The lowest BCUT2D eigenvalue weighted by molar-refractivity contribution is -0.125. The number of Topliss-reactive ketones (excluding diaryl/α,β-unsaturated/α-hetero) is 1. The Labute approximate surface area is 163 Å². The zero-order valence-electron chi connectivity index (χ0n) is 15.3. The summed E-state index contributed by atoms with van der Waals surface area (Å²) in [5, 5.41) is 20.9. The first-order chi connectivity index (χ1) is 13.4. The van der Waals surface area contributed by atoms with Crippen LogP contribution in [0.15, 0.2) is 48.5 Å². The van der Waals surface area contributed by atoms with Gasteiger partial charge in [-0.05, 0) is 55.2 Å². The van der Waals surface area contributed by atoms with E-state index in [-0.39, 0.29) is 0 Å². The van der Waals surface area contributed by atoms with Crippen molar-refractivity contribution in [2.24, 2.45) is 0 Å². The smallest absolute Gasteiger partial charge is 0.251 e. The zero-order valence-corrected chi connectivity index (χ0v) is 15.3. The van der Waals surface area contributed by atoms with E-state index >= 15 is 0 Å². The molecule has 0 heterocycles. The van der Waals surface area contributed by atoms with E-state index in [0.717, 1.165) is 0 Å². The molecule has 1 amide bonds. The number of anilines is 1. The van der Waals surface area contributed by atoms with Crippen molar-refractivity contribution >= 4 is 17.4 Å². The lowest BCUT2D eigenvalue weighted by atomic mass is 10.1. The Bertz CT molecular complexity index is 973. The maximum absolute atomic E-state index is 12.2. The largest absolute Gasteiger partial charge is 0.398 e. The minimum atomic E-state index is -1.17. The van der Waals surface area contributed by atoms with Crippen molar-refractivity contribution in [3.05, 3.63) is 65.2 Å². The molecule has 0 fully saturated rings. The summed E-state index contributed by atoms with van der Waals surface area (Å²) in [6, 6.07) is 12.4. The number of amides is 1. The average Bonchev–Trinajstić information content (AvgIpc) is 2.70. The highest BCUT2D eigenvalue weighted by molar-refractivity contribution is 5.98. The van der Waals surface area contributed by atoms with Gasteiger partial charge in [-0.15, -0.1) is 0 Å². The Hall–Kier alpha value is -3.58. The van der Waals surface area contributed by atoms with Gasteiger partial charge in [-0.3, -0.25) is 9.59 Å². The van der Waals surface area contributed by atoms with Gasteiger partial charge in [0, 0.05) is 22.4 Å². The van der Waals surface area contributed by atoms with E-state index in [1.807, 2.05) is 12.1 Å². The van der Waals surface area contributed by atoms with Crippen molar-refractivity contribution in [2.45, 2.75) is 19.1 Å². The van der Waals surface area contributed by atoms with Crippen LogP contribution in [-0.2, 0) is 4.79 Å². The van der Waals surface area contributed by atoms with Crippen LogP contribution in [0.5, 0.6) is 0 Å². The summed E-state index contributed by atoms with van der Waals surface area (Å²) in [6.45, 7) is 0.599. The van der Waals surface area contributed by atoms with Crippen molar-refractivity contribution in [3.63, 3.8) is 0 Å². The first-order valence-corrected chi connectivity index (χ1v) is 8.51. The van der Waals surface area contributed by atoms with Gasteiger partial charge in [-0.2, -0.15) is 0 Å². The molecule has 6 heteroatoms. The molecule has 2 rings (SSSR count). The summed E-state index contributed by atoms with van der Waals surface area (Å²) in [4.78, 5) is 23.8. The number of hydrogen-bond donors (Lipinski definition) is 4. The van der Waals surface area contributed by atoms with E-state index < -0.39 is 30.4 Å². The molecule has 142 valence electrons. The van der Waals surface area contributed by atoms with Gasteiger partial charge in [0.15, 0.2) is 5.78 Å². The van der Waals surface area contributed by atoms with Gasteiger partial charge in [0.2, 0.25) is 0 Å². The average molecular weight is 376 g/mol. The van der Waals surface area contributed by atoms with Crippen LogP contribution < -0.4 is 11.1 Å². The normalized spacial score (nSPS) is 11.8. The number of benzene rings is 2. The van der Waals surface area contributed by atoms with Crippen LogP contribution in [0.4, 0.5) is 5.69 Å². The van der Waals surface area contributed by atoms with Gasteiger partial charge in [0.1, 0.15) is 12.6 Å². The fourth-order valence-electron chi connectivity index (χ4n) is 2.31. The molecule has 0 bridgehead atoms. The van der Waals surface area contributed by atoms with Crippen LogP contribution in [-0.4, -0.2) is 40.7 Å². The topological polar surface area (TPSA) is 113 Å². The molecular weight excluding hydrogens is 356 g/mol. The number of hydrogen-bond acceptors (Lipinski definition) is 5. The summed E-state index contributed by atoms with van der Waals surface area (Å²) in [7, 11) is 0. The molecule has 28 heavy (non-hydrogen) atoms. The van der Waals surface area contributed by atoms with Crippen LogP contribution in [0.25, 0.3) is 0 Å². The van der Waals surface area contributed by atoms with Crippen LogP contribution in [0.3, 0.4) is 0 Å². The van der Waals surface area contributed by atoms with Crippen molar-refractivity contribution in [3.8, 4) is 23.7 Å². The van der Waals surface area contributed by atoms with Crippen LogP contribution in [0.2, 0.25) is 0 Å². The number of carbonyl (C=O) groups excluding carboxylic acids is 2. The van der Waals surface area contributed by atoms with Crippen LogP contribution >= 0.6 is 0 Å². The SMILES string of the molecule is C[C@@H](O)[C@H](NC(=O)c1ccc(C#CC#Cc2ccccc2N)cc1)C(=O)CO. The van der Waals surface area contributed by atoms with Gasteiger partial charge in [0.25, 0.3) is 5.91 Å². The monoisotopic (exact) mass is 376 g/mol. The van der Waals surface area contributed by atoms with Crippen molar-refractivity contribution in [2.75, 3.05) is 12.3 Å². The van der Waals surface area contributed by atoms with E-state index in [2.05, 4.69) is 29.0 Å². The third-order valence-corrected chi connectivity index (χ3v) is 3.85. The van der Waals surface area contributed by atoms with E-state index in [4.69, 9.17) is 10.8 Å². The molecule has 0 aliphatic carbocycles. The van der Waals surface area contributed by atoms with Crippen LogP contribution in [0, 0.1) is 23.7 Å². The second-order valence-corrected chi connectivity index (χ2v) is 5.98. The fourth-order valence-corrected chi connectivity index (χ4v) is 2.31. The molecule has 2 aromatic rings. The predicted molar refractivity (Wildman–Crippen MR) is 106 cm³/mol. The highest BCUT2D eigenvalue weighted by atomic mass is 16.3. The van der Waals surface area contributed by atoms with Crippen molar-refractivity contribution in [1.82, 2.24) is 5.32 Å². The summed E-state index contributed by atoms with van der Waals surface area (Å²) >= 11 is 0. The maximum atomic E-state index is 12.2. The summed E-state index contributed by atoms with van der Waals surface area (Å²) in [6.07, 6.45) is -1.12. The molecule has 0 saturated heterocycles. The maximum Gasteiger partial charge on any atom is 0.251 e.